The lowest BCUT2D eigenvalue weighted by molar-refractivity contribution is -0.113. The third-order valence-electron chi connectivity index (χ3n) is 3.96. The van der Waals surface area contributed by atoms with Crippen LogP contribution in [0.4, 0.5) is 5.69 Å². The van der Waals surface area contributed by atoms with Crippen LogP contribution in [0.25, 0.3) is 5.69 Å². The molecule has 0 aliphatic carbocycles. The van der Waals surface area contributed by atoms with E-state index in [0.717, 1.165) is 4.47 Å². The van der Waals surface area contributed by atoms with E-state index in [4.69, 9.17) is 4.74 Å². The quantitative estimate of drug-likeness (QED) is 0.289. The highest BCUT2D eigenvalue weighted by atomic mass is 79.9. The lowest BCUT2D eigenvalue weighted by atomic mass is 10.3. The molecule has 10 heteroatoms. The van der Waals surface area contributed by atoms with Crippen molar-refractivity contribution in [1.82, 2.24) is 9.55 Å². The van der Waals surface area contributed by atoms with E-state index in [0.29, 0.717) is 36.9 Å². The Balaban J connectivity index is 1.84. The van der Waals surface area contributed by atoms with Gasteiger partial charge >= 0.3 is 0 Å². The molecule has 0 bridgehead atoms. The van der Waals surface area contributed by atoms with Crippen LogP contribution in [-0.4, -0.2) is 28.3 Å². The number of aromatic nitrogens is 2. The normalized spacial score (nSPS) is 10.7. The number of hydrogen-bond acceptors (Lipinski definition) is 5. The molecule has 3 rings (SSSR count). The summed E-state index contributed by atoms with van der Waals surface area (Å²) in [6, 6.07) is 12.5. The number of nitrogens with one attached hydrogen (secondary N) is 1. The number of thioether (sulfide) groups is 1. The van der Waals surface area contributed by atoms with E-state index in [1.54, 1.807) is 20.1 Å². The van der Waals surface area contributed by atoms with Crippen LogP contribution in [0.1, 0.15) is 5.69 Å². The molecule has 0 unspecified atom stereocenters. The van der Waals surface area contributed by atoms with E-state index < -0.39 is 0 Å². The number of nitrogens with zero attached hydrogens (tertiary/aromatic N) is 2. The molecule has 2 aromatic carbocycles. The lowest BCUT2D eigenvalue weighted by Crippen LogP contribution is -2.22. The van der Waals surface area contributed by atoms with E-state index in [9.17, 15) is 9.59 Å². The second-order valence-electron chi connectivity index (χ2n) is 6.09. The number of rotatable bonds is 6. The topological polar surface area (TPSA) is 73.2 Å². The van der Waals surface area contributed by atoms with Gasteiger partial charge in [0.25, 0.3) is 5.56 Å². The fourth-order valence-corrected chi connectivity index (χ4v) is 6.17. The minimum Gasteiger partial charge on any atom is -0.494 e. The van der Waals surface area contributed by atoms with E-state index >= 15 is 0 Å². The van der Waals surface area contributed by atoms with Crippen molar-refractivity contribution >= 4 is 71.1 Å². The van der Waals surface area contributed by atoms with Gasteiger partial charge in [-0.1, -0.05) is 30.0 Å². The summed E-state index contributed by atoms with van der Waals surface area (Å²) >= 11 is 11.5. The Morgan fingerprint density at radius 2 is 1.87 bits per heavy atom. The highest BCUT2D eigenvalue weighted by Crippen LogP contribution is 2.43. The monoisotopic (exact) mass is 615 g/mol. The molecule has 0 saturated heterocycles. The average Bonchev–Trinajstić information content (AvgIpc) is 2.70. The van der Waals surface area contributed by atoms with Crippen LogP contribution in [0, 0.1) is 6.92 Å². The van der Waals surface area contributed by atoms with Crippen molar-refractivity contribution in [2.24, 2.45) is 0 Å². The summed E-state index contributed by atoms with van der Waals surface area (Å²) in [7, 11) is 1.55. The first-order valence-electron chi connectivity index (χ1n) is 8.62. The van der Waals surface area contributed by atoms with Crippen molar-refractivity contribution in [3.05, 3.63) is 71.9 Å². The Hall–Kier alpha value is -1.62. The summed E-state index contributed by atoms with van der Waals surface area (Å²) in [5.74, 6) is 0.389. The summed E-state index contributed by atoms with van der Waals surface area (Å²) in [5.41, 5.74) is 1.65. The van der Waals surface area contributed by atoms with Gasteiger partial charge in [-0.2, -0.15) is 0 Å². The van der Waals surface area contributed by atoms with E-state index in [2.05, 4.69) is 58.1 Å². The van der Waals surface area contributed by atoms with E-state index in [1.165, 1.54) is 22.4 Å². The highest BCUT2D eigenvalue weighted by molar-refractivity contribution is 9.11. The predicted molar refractivity (Wildman–Crippen MR) is 130 cm³/mol. The zero-order valence-electron chi connectivity index (χ0n) is 15.9. The molecule has 0 fully saturated rings. The van der Waals surface area contributed by atoms with Crippen molar-refractivity contribution in [3.63, 3.8) is 0 Å². The Bertz CT molecular complexity index is 1150. The Morgan fingerprint density at radius 3 is 2.53 bits per heavy atom. The molecule has 0 atom stereocenters. The molecule has 1 aromatic heterocycles. The van der Waals surface area contributed by atoms with Crippen LogP contribution < -0.4 is 15.6 Å². The molecule has 0 aliphatic rings. The van der Waals surface area contributed by atoms with Gasteiger partial charge in [0.05, 0.1) is 33.2 Å². The Kier molecular flexibility index (Phi) is 7.78. The number of aryl methyl sites for hydroxylation is 1. The lowest BCUT2D eigenvalue weighted by Gasteiger charge is -2.15. The van der Waals surface area contributed by atoms with Gasteiger partial charge in [0, 0.05) is 16.2 Å². The number of benzene rings is 2. The van der Waals surface area contributed by atoms with Crippen LogP contribution in [-0.2, 0) is 4.79 Å². The van der Waals surface area contributed by atoms with Crippen LogP contribution in [0.15, 0.2) is 65.8 Å². The number of methoxy groups -OCH3 is 1. The number of para-hydroxylation sites is 1. The Morgan fingerprint density at radius 1 is 1.17 bits per heavy atom. The summed E-state index contributed by atoms with van der Waals surface area (Å²) in [6.45, 7) is 1.75. The number of carbonyl (C=O) groups is 1. The molecule has 1 N–H and O–H groups in total. The smallest absolute Gasteiger partial charge is 0.258 e. The molecule has 1 amide bonds. The largest absolute Gasteiger partial charge is 0.494 e. The zero-order chi connectivity index (χ0) is 21.8. The number of anilines is 1. The number of ether oxygens (including phenoxy) is 1. The predicted octanol–water partition coefficient (Wildman–Crippen LogP) is 5.57. The van der Waals surface area contributed by atoms with Gasteiger partial charge in [0.15, 0.2) is 5.16 Å². The maximum Gasteiger partial charge on any atom is 0.258 e. The van der Waals surface area contributed by atoms with E-state index in [1.807, 2.05) is 30.3 Å². The van der Waals surface area contributed by atoms with E-state index in [-0.39, 0.29) is 17.2 Å². The minimum atomic E-state index is -0.249. The second kappa shape index (κ2) is 10.1. The van der Waals surface area contributed by atoms with Gasteiger partial charge in [-0.3, -0.25) is 14.2 Å². The molecule has 6 nitrogen and oxygen atoms in total. The number of carbonyl (C=O) groups excluding carboxylic acids is 1. The number of halogens is 3. The first-order chi connectivity index (χ1) is 14.3. The maximum atomic E-state index is 12.7. The summed E-state index contributed by atoms with van der Waals surface area (Å²) < 4.78 is 8.90. The van der Waals surface area contributed by atoms with Gasteiger partial charge in [-0.25, -0.2) is 4.98 Å². The standard InChI is InChI=1S/C20H16Br3N3O3S/c1-11-8-16(28)26(12-6-4-3-5-7-12)20(24-11)30-10-15(27)25-18-13(21)9-14(22)19(29-2)17(18)23/h3-9H,10H2,1-2H3,(H,25,27). The molecule has 0 spiro atoms. The molecule has 3 aromatic rings. The Labute approximate surface area is 202 Å². The highest BCUT2D eigenvalue weighted by Gasteiger charge is 2.18. The number of hydrogen-bond donors (Lipinski definition) is 1. The van der Waals surface area contributed by atoms with Crippen LogP contribution in [0.3, 0.4) is 0 Å². The molecule has 0 aliphatic heterocycles. The average molecular weight is 618 g/mol. The van der Waals surface area contributed by atoms with Crippen molar-refractivity contribution in [2.75, 3.05) is 18.2 Å². The number of amides is 1. The summed E-state index contributed by atoms with van der Waals surface area (Å²) in [6.07, 6.45) is 0. The zero-order valence-corrected chi connectivity index (χ0v) is 21.5. The van der Waals surface area contributed by atoms with Gasteiger partial charge in [-0.05, 0) is 72.9 Å². The van der Waals surface area contributed by atoms with Gasteiger partial charge in [0.2, 0.25) is 5.91 Å². The van der Waals surface area contributed by atoms with Gasteiger partial charge in [0.1, 0.15) is 5.75 Å². The molecule has 156 valence electrons. The van der Waals surface area contributed by atoms with Gasteiger partial charge < -0.3 is 10.1 Å². The van der Waals surface area contributed by atoms with Crippen molar-refractivity contribution in [3.8, 4) is 11.4 Å². The third-order valence-corrected chi connectivity index (χ3v) is 6.87. The first-order valence-corrected chi connectivity index (χ1v) is 12.0. The molecule has 0 saturated carbocycles. The van der Waals surface area contributed by atoms with Crippen molar-refractivity contribution in [1.29, 1.82) is 0 Å². The SMILES string of the molecule is COc1c(Br)cc(Br)c(NC(=O)CSc2nc(C)cc(=O)n2-c2ccccc2)c1Br. The van der Waals surface area contributed by atoms with Gasteiger partial charge in [-0.15, -0.1) is 0 Å². The maximum absolute atomic E-state index is 12.7. The fraction of sp³-hybridized carbons (Fsp3) is 0.150. The van der Waals surface area contributed by atoms with Crippen LogP contribution in [0.5, 0.6) is 5.75 Å². The fourth-order valence-electron chi connectivity index (χ4n) is 2.66. The van der Waals surface area contributed by atoms with Crippen molar-refractivity contribution in [2.45, 2.75) is 12.1 Å². The molecular weight excluding hydrogens is 602 g/mol. The second-order valence-corrected chi connectivity index (χ2v) is 9.53. The van der Waals surface area contributed by atoms with Crippen LogP contribution in [0.2, 0.25) is 0 Å². The molecular formula is C20H16Br3N3O3S. The minimum absolute atomic E-state index is 0.0694. The molecule has 0 radical (unpaired) electrons. The molecule has 30 heavy (non-hydrogen) atoms. The third kappa shape index (κ3) is 5.16. The van der Waals surface area contributed by atoms with Crippen LogP contribution >= 0.6 is 59.6 Å². The molecule has 1 heterocycles. The summed E-state index contributed by atoms with van der Waals surface area (Å²) in [5, 5.41) is 3.32. The first kappa shape index (κ1) is 23.1. The summed E-state index contributed by atoms with van der Waals surface area (Å²) in [4.78, 5) is 29.7. The van der Waals surface area contributed by atoms with Crippen molar-refractivity contribution < 1.29 is 9.53 Å².